The van der Waals surface area contributed by atoms with Crippen molar-refractivity contribution in [2.24, 2.45) is 0 Å². The average Bonchev–Trinajstić information content (AvgIpc) is 2.36. The van der Waals surface area contributed by atoms with Gasteiger partial charge in [0.2, 0.25) is 5.91 Å². The summed E-state index contributed by atoms with van der Waals surface area (Å²) >= 11 is 3.46. The van der Waals surface area contributed by atoms with Gasteiger partial charge in [-0.2, -0.15) is 0 Å². The van der Waals surface area contributed by atoms with Crippen molar-refractivity contribution in [3.63, 3.8) is 0 Å². The highest BCUT2D eigenvalue weighted by molar-refractivity contribution is 9.10. The first-order chi connectivity index (χ1) is 9.69. The van der Waals surface area contributed by atoms with Gasteiger partial charge in [-0.05, 0) is 32.4 Å². The molecule has 4 nitrogen and oxygen atoms in total. The van der Waals surface area contributed by atoms with Crippen LogP contribution in [0.25, 0.3) is 0 Å². The van der Waals surface area contributed by atoms with E-state index in [1.807, 2.05) is 45.0 Å². The predicted molar refractivity (Wildman–Crippen MR) is 85.7 cm³/mol. The van der Waals surface area contributed by atoms with E-state index in [4.69, 9.17) is 4.74 Å². The molecule has 0 heterocycles. The topological polar surface area (TPSA) is 46.6 Å². The van der Waals surface area contributed by atoms with Crippen LogP contribution < -0.4 is 0 Å². The van der Waals surface area contributed by atoms with Crippen molar-refractivity contribution < 1.29 is 14.3 Å². The van der Waals surface area contributed by atoms with Crippen LogP contribution in [0.2, 0.25) is 0 Å². The Morgan fingerprint density at radius 3 is 2.38 bits per heavy atom. The fraction of sp³-hybridized carbons (Fsp3) is 0.500. The average molecular weight is 356 g/mol. The van der Waals surface area contributed by atoms with E-state index in [1.54, 1.807) is 11.9 Å². The largest absolute Gasteiger partial charge is 0.460 e. The van der Waals surface area contributed by atoms with Crippen molar-refractivity contribution >= 4 is 27.8 Å². The van der Waals surface area contributed by atoms with Crippen LogP contribution in [0.3, 0.4) is 0 Å². The maximum Gasteiger partial charge on any atom is 0.306 e. The molecular formula is C16H22BrNO3. The first kappa shape index (κ1) is 17.7. The third-order valence-corrected chi connectivity index (χ3v) is 3.53. The van der Waals surface area contributed by atoms with Gasteiger partial charge in [0.15, 0.2) is 0 Å². The Balaban J connectivity index is 2.45. The van der Waals surface area contributed by atoms with Crippen LogP contribution in [-0.2, 0) is 20.9 Å². The summed E-state index contributed by atoms with van der Waals surface area (Å²) in [4.78, 5) is 25.2. The van der Waals surface area contributed by atoms with Crippen LogP contribution >= 0.6 is 15.9 Å². The second-order valence-corrected chi connectivity index (χ2v) is 6.78. The van der Waals surface area contributed by atoms with Crippen molar-refractivity contribution in [2.45, 2.75) is 45.8 Å². The minimum atomic E-state index is -0.513. The van der Waals surface area contributed by atoms with Crippen LogP contribution in [0, 0.1) is 0 Å². The first-order valence-electron chi connectivity index (χ1n) is 6.88. The maximum absolute atomic E-state index is 12.0. The Bertz CT molecular complexity index is 508. The molecule has 0 radical (unpaired) electrons. The zero-order valence-electron chi connectivity index (χ0n) is 13.0. The number of amides is 1. The molecule has 0 N–H and O–H groups in total. The standard InChI is InChI=1S/C16H22BrNO3/c1-16(2,3)21-15(20)10-9-14(19)18(4)11-12-7-5-6-8-13(12)17/h5-8H,9-11H2,1-4H3. The minimum Gasteiger partial charge on any atom is -0.460 e. The summed E-state index contributed by atoms with van der Waals surface area (Å²) < 4.78 is 6.16. The lowest BCUT2D eigenvalue weighted by Crippen LogP contribution is -2.28. The number of carbonyl (C=O) groups excluding carboxylic acids is 2. The van der Waals surface area contributed by atoms with E-state index >= 15 is 0 Å². The van der Waals surface area contributed by atoms with Crippen LogP contribution in [0.5, 0.6) is 0 Å². The third kappa shape index (κ3) is 6.76. The molecule has 0 atom stereocenters. The summed E-state index contributed by atoms with van der Waals surface area (Å²) in [5.41, 5.74) is 0.520. The number of hydrogen-bond donors (Lipinski definition) is 0. The van der Waals surface area contributed by atoms with E-state index in [0.717, 1.165) is 10.0 Å². The Hall–Kier alpha value is -1.36. The molecule has 0 bridgehead atoms. The first-order valence-corrected chi connectivity index (χ1v) is 7.67. The molecular weight excluding hydrogens is 334 g/mol. The molecule has 1 aromatic carbocycles. The predicted octanol–water partition coefficient (Wildman–Crippen LogP) is 3.53. The van der Waals surface area contributed by atoms with E-state index in [0.29, 0.717) is 6.54 Å². The lowest BCUT2D eigenvalue weighted by Gasteiger charge is -2.20. The highest BCUT2D eigenvalue weighted by Crippen LogP contribution is 2.18. The van der Waals surface area contributed by atoms with Gasteiger partial charge >= 0.3 is 5.97 Å². The quantitative estimate of drug-likeness (QED) is 0.759. The van der Waals surface area contributed by atoms with E-state index in [9.17, 15) is 9.59 Å². The summed E-state index contributed by atoms with van der Waals surface area (Å²) in [5.74, 6) is -0.415. The second kappa shape index (κ2) is 7.59. The highest BCUT2D eigenvalue weighted by atomic mass is 79.9. The van der Waals surface area contributed by atoms with Crippen molar-refractivity contribution in [1.82, 2.24) is 4.90 Å². The van der Waals surface area contributed by atoms with Gasteiger partial charge in [-0.1, -0.05) is 34.1 Å². The number of rotatable bonds is 5. The normalized spacial score (nSPS) is 11.1. The molecule has 1 aromatic rings. The zero-order chi connectivity index (χ0) is 16.0. The molecule has 0 aliphatic carbocycles. The Labute approximate surface area is 134 Å². The zero-order valence-corrected chi connectivity index (χ0v) is 14.6. The molecule has 1 amide bonds. The molecule has 0 unspecified atom stereocenters. The van der Waals surface area contributed by atoms with Gasteiger partial charge in [-0.3, -0.25) is 9.59 Å². The van der Waals surface area contributed by atoms with E-state index in [-0.39, 0.29) is 24.7 Å². The van der Waals surface area contributed by atoms with Crippen molar-refractivity contribution in [3.8, 4) is 0 Å². The summed E-state index contributed by atoms with van der Waals surface area (Å²) in [5, 5.41) is 0. The van der Waals surface area contributed by atoms with Gasteiger partial charge in [0.05, 0.1) is 6.42 Å². The Morgan fingerprint density at radius 1 is 1.19 bits per heavy atom. The lowest BCUT2D eigenvalue weighted by atomic mass is 10.2. The maximum atomic E-state index is 12.0. The number of ether oxygens (including phenoxy) is 1. The summed E-state index contributed by atoms with van der Waals surface area (Å²) in [6.45, 7) is 5.94. The highest BCUT2D eigenvalue weighted by Gasteiger charge is 2.18. The van der Waals surface area contributed by atoms with Crippen LogP contribution in [0.4, 0.5) is 0 Å². The fourth-order valence-corrected chi connectivity index (χ4v) is 2.17. The molecule has 0 aromatic heterocycles. The number of halogens is 1. The molecule has 21 heavy (non-hydrogen) atoms. The summed E-state index contributed by atoms with van der Waals surface area (Å²) in [6.07, 6.45) is 0.270. The van der Waals surface area contributed by atoms with Gasteiger partial charge in [-0.15, -0.1) is 0 Å². The van der Waals surface area contributed by atoms with Gasteiger partial charge in [0.25, 0.3) is 0 Å². The Kier molecular flexibility index (Phi) is 6.40. The smallest absolute Gasteiger partial charge is 0.306 e. The van der Waals surface area contributed by atoms with Gasteiger partial charge in [0, 0.05) is 24.5 Å². The van der Waals surface area contributed by atoms with E-state index in [1.165, 1.54) is 0 Å². The fourth-order valence-electron chi connectivity index (χ4n) is 1.76. The van der Waals surface area contributed by atoms with Gasteiger partial charge in [-0.25, -0.2) is 0 Å². The molecule has 0 fully saturated rings. The SMILES string of the molecule is CN(Cc1ccccc1Br)C(=O)CCC(=O)OC(C)(C)C. The number of carbonyl (C=O) groups is 2. The van der Waals surface area contributed by atoms with Gasteiger partial charge < -0.3 is 9.64 Å². The summed E-state index contributed by atoms with van der Waals surface area (Å²) in [6, 6.07) is 7.76. The number of benzene rings is 1. The second-order valence-electron chi connectivity index (χ2n) is 5.93. The third-order valence-electron chi connectivity index (χ3n) is 2.75. The van der Waals surface area contributed by atoms with Crippen LogP contribution in [0.15, 0.2) is 28.7 Å². The summed E-state index contributed by atoms with van der Waals surface area (Å²) in [7, 11) is 1.73. The minimum absolute atomic E-state index is 0.0726. The van der Waals surface area contributed by atoms with Crippen LogP contribution in [0.1, 0.15) is 39.2 Å². The molecule has 5 heteroatoms. The van der Waals surface area contributed by atoms with Crippen molar-refractivity contribution in [2.75, 3.05) is 7.05 Å². The number of nitrogens with zero attached hydrogens (tertiary/aromatic N) is 1. The van der Waals surface area contributed by atoms with Crippen LogP contribution in [-0.4, -0.2) is 29.4 Å². The molecule has 0 saturated heterocycles. The van der Waals surface area contributed by atoms with Crippen molar-refractivity contribution in [3.05, 3.63) is 34.3 Å². The Morgan fingerprint density at radius 2 is 1.81 bits per heavy atom. The number of esters is 1. The van der Waals surface area contributed by atoms with E-state index < -0.39 is 5.60 Å². The van der Waals surface area contributed by atoms with E-state index in [2.05, 4.69) is 15.9 Å². The van der Waals surface area contributed by atoms with Gasteiger partial charge in [0.1, 0.15) is 5.60 Å². The molecule has 0 aliphatic heterocycles. The molecule has 1 rings (SSSR count). The molecule has 0 aliphatic rings. The molecule has 0 spiro atoms. The lowest BCUT2D eigenvalue weighted by molar-refractivity contribution is -0.156. The van der Waals surface area contributed by atoms with Crippen molar-refractivity contribution in [1.29, 1.82) is 0 Å². The number of hydrogen-bond acceptors (Lipinski definition) is 3. The molecule has 0 saturated carbocycles. The molecule has 116 valence electrons. The monoisotopic (exact) mass is 355 g/mol.